The molecular formula is C17H17BrClNO. The Balaban J connectivity index is 1.99. The van der Waals surface area contributed by atoms with Crippen LogP contribution in [0.15, 0.2) is 40.9 Å². The molecule has 2 N–H and O–H groups in total. The van der Waals surface area contributed by atoms with Crippen LogP contribution in [-0.4, -0.2) is 6.61 Å². The van der Waals surface area contributed by atoms with Crippen LogP contribution in [0.5, 0.6) is 5.75 Å². The fraction of sp³-hybridized carbons (Fsp3) is 0.294. The Hall–Kier alpha value is -1.03. The highest BCUT2D eigenvalue weighted by Crippen LogP contribution is 2.40. The molecule has 0 saturated heterocycles. The summed E-state index contributed by atoms with van der Waals surface area (Å²) in [6.45, 7) is 5.08. The van der Waals surface area contributed by atoms with Crippen LogP contribution in [0.2, 0.25) is 5.02 Å². The molecule has 2 aromatic carbocycles. The van der Waals surface area contributed by atoms with Crippen molar-refractivity contribution in [1.29, 1.82) is 0 Å². The standard InChI is InChI=1S/C17H17BrClNO/c1-17(2)9-21-15-6-4-10(7-12(15)17)16(20)11-3-5-13(18)14(19)8-11/h3-8,16H,9,20H2,1-2H3. The van der Waals surface area contributed by atoms with Crippen molar-refractivity contribution >= 4 is 27.5 Å². The minimum Gasteiger partial charge on any atom is -0.492 e. The van der Waals surface area contributed by atoms with Crippen LogP contribution < -0.4 is 10.5 Å². The van der Waals surface area contributed by atoms with E-state index < -0.39 is 0 Å². The predicted octanol–water partition coefficient (Wildman–Crippen LogP) is 4.82. The Labute approximate surface area is 138 Å². The number of hydrogen-bond acceptors (Lipinski definition) is 2. The van der Waals surface area contributed by atoms with Crippen LogP contribution in [-0.2, 0) is 5.41 Å². The Bertz CT molecular complexity index is 699. The monoisotopic (exact) mass is 365 g/mol. The van der Waals surface area contributed by atoms with Gasteiger partial charge in [0.15, 0.2) is 0 Å². The fourth-order valence-electron chi connectivity index (χ4n) is 2.63. The molecule has 1 aliphatic rings. The van der Waals surface area contributed by atoms with E-state index in [1.807, 2.05) is 30.3 Å². The third-order valence-electron chi connectivity index (χ3n) is 3.98. The first-order valence-electron chi connectivity index (χ1n) is 6.86. The zero-order chi connectivity index (χ0) is 15.2. The molecule has 0 aromatic heterocycles. The van der Waals surface area contributed by atoms with Gasteiger partial charge in [-0.25, -0.2) is 0 Å². The van der Waals surface area contributed by atoms with E-state index in [-0.39, 0.29) is 11.5 Å². The van der Waals surface area contributed by atoms with Crippen LogP contribution >= 0.6 is 27.5 Å². The Morgan fingerprint density at radius 2 is 1.86 bits per heavy atom. The van der Waals surface area contributed by atoms with Gasteiger partial charge in [0.2, 0.25) is 0 Å². The van der Waals surface area contributed by atoms with E-state index in [1.54, 1.807) is 0 Å². The Kier molecular flexibility index (Phi) is 3.76. The van der Waals surface area contributed by atoms with Gasteiger partial charge < -0.3 is 10.5 Å². The van der Waals surface area contributed by atoms with Gasteiger partial charge in [-0.3, -0.25) is 0 Å². The summed E-state index contributed by atoms with van der Waals surface area (Å²) in [6.07, 6.45) is 0. The van der Waals surface area contributed by atoms with Gasteiger partial charge in [-0.1, -0.05) is 37.6 Å². The van der Waals surface area contributed by atoms with Gasteiger partial charge in [-0.15, -0.1) is 0 Å². The van der Waals surface area contributed by atoms with E-state index >= 15 is 0 Å². The Morgan fingerprint density at radius 1 is 1.19 bits per heavy atom. The molecule has 0 bridgehead atoms. The second kappa shape index (κ2) is 5.31. The van der Waals surface area contributed by atoms with Crippen molar-refractivity contribution in [2.75, 3.05) is 6.61 Å². The van der Waals surface area contributed by atoms with Crippen molar-refractivity contribution in [3.63, 3.8) is 0 Å². The first kappa shape index (κ1) is 14.9. The fourth-order valence-corrected chi connectivity index (χ4v) is 3.07. The highest BCUT2D eigenvalue weighted by Gasteiger charge is 2.32. The predicted molar refractivity (Wildman–Crippen MR) is 90.1 cm³/mol. The molecule has 21 heavy (non-hydrogen) atoms. The molecule has 3 rings (SSSR count). The maximum atomic E-state index is 6.40. The molecule has 1 unspecified atom stereocenters. The highest BCUT2D eigenvalue weighted by atomic mass is 79.9. The molecule has 1 atom stereocenters. The van der Waals surface area contributed by atoms with Crippen LogP contribution in [0, 0.1) is 0 Å². The summed E-state index contributed by atoms with van der Waals surface area (Å²) in [6, 6.07) is 11.8. The molecule has 1 aliphatic heterocycles. The normalized spacial score (nSPS) is 17.2. The van der Waals surface area contributed by atoms with E-state index in [1.165, 1.54) is 5.56 Å². The van der Waals surface area contributed by atoms with Crippen LogP contribution in [0.3, 0.4) is 0 Å². The topological polar surface area (TPSA) is 35.2 Å². The van der Waals surface area contributed by atoms with Gasteiger partial charge in [0.1, 0.15) is 5.75 Å². The van der Waals surface area contributed by atoms with Crippen LogP contribution in [0.25, 0.3) is 0 Å². The number of halogens is 2. The molecule has 0 spiro atoms. The lowest BCUT2D eigenvalue weighted by Crippen LogP contribution is -2.19. The van der Waals surface area contributed by atoms with Gasteiger partial charge in [0.25, 0.3) is 0 Å². The second-order valence-corrected chi connectivity index (χ2v) is 7.34. The summed E-state index contributed by atoms with van der Waals surface area (Å²) in [5.74, 6) is 0.963. The number of fused-ring (bicyclic) bond motifs is 1. The second-order valence-electron chi connectivity index (χ2n) is 6.08. The van der Waals surface area contributed by atoms with Crippen molar-refractivity contribution in [2.45, 2.75) is 25.3 Å². The van der Waals surface area contributed by atoms with Crippen molar-refractivity contribution in [3.8, 4) is 5.75 Å². The van der Waals surface area contributed by atoms with Gasteiger partial charge in [-0.2, -0.15) is 0 Å². The molecule has 2 aromatic rings. The summed E-state index contributed by atoms with van der Waals surface area (Å²) in [5.41, 5.74) is 9.73. The minimum absolute atomic E-state index is 0.0302. The first-order chi connectivity index (χ1) is 9.88. The third-order valence-corrected chi connectivity index (χ3v) is 5.22. The van der Waals surface area contributed by atoms with Gasteiger partial charge >= 0.3 is 0 Å². The van der Waals surface area contributed by atoms with Gasteiger partial charge in [0.05, 0.1) is 17.7 Å². The van der Waals surface area contributed by atoms with Gasteiger partial charge in [0, 0.05) is 15.5 Å². The average molecular weight is 367 g/mol. The lowest BCUT2D eigenvalue weighted by atomic mass is 9.85. The number of hydrogen-bond donors (Lipinski definition) is 1. The number of benzene rings is 2. The number of nitrogens with two attached hydrogens (primary N) is 1. The van der Waals surface area contributed by atoms with E-state index in [0.717, 1.165) is 21.3 Å². The molecule has 110 valence electrons. The molecule has 0 aliphatic carbocycles. The van der Waals surface area contributed by atoms with E-state index in [9.17, 15) is 0 Å². The first-order valence-corrected chi connectivity index (χ1v) is 8.03. The quantitative estimate of drug-likeness (QED) is 0.827. The number of rotatable bonds is 2. The smallest absolute Gasteiger partial charge is 0.123 e. The summed E-state index contributed by atoms with van der Waals surface area (Å²) in [7, 11) is 0. The van der Waals surface area contributed by atoms with Crippen LogP contribution in [0.1, 0.15) is 36.6 Å². The number of ether oxygens (including phenoxy) is 1. The van der Waals surface area contributed by atoms with E-state index in [2.05, 4.69) is 35.8 Å². The summed E-state index contributed by atoms with van der Waals surface area (Å²) < 4.78 is 6.60. The van der Waals surface area contributed by atoms with Gasteiger partial charge in [-0.05, 0) is 51.3 Å². The molecule has 2 nitrogen and oxygen atoms in total. The molecular weight excluding hydrogens is 350 g/mol. The summed E-state index contributed by atoms with van der Waals surface area (Å²) in [4.78, 5) is 0. The van der Waals surface area contributed by atoms with Crippen molar-refractivity contribution < 1.29 is 4.74 Å². The lowest BCUT2D eigenvalue weighted by Gasteiger charge is -2.18. The van der Waals surface area contributed by atoms with Crippen molar-refractivity contribution in [1.82, 2.24) is 0 Å². The molecule has 4 heteroatoms. The zero-order valence-electron chi connectivity index (χ0n) is 12.0. The van der Waals surface area contributed by atoms with Crippen molar-refractivity contribution in [3.05, 3.63) is 62.6 Å². The zero-order valence-corrected chi connectivity index (χ0v) is 14.3. The molecule has 0 fully saturated rings. The SMILES string of the molecule is CC1(C)COc2ccc(C(N)c3ccc(Br)c(Cl)c3)cc21. The average Bonchev–Trinajstić information content (AvgIpc) is 2.76. The molecule has 1 heterocycles. The van der Waals surface area contributed by atoms with Crippen LogP contribution in [0.4, 0.5) is 0 Å². The van der Waals surface area contributed by atoms with E-state index in [0.29, 0.717) is 11.6 Å². The Morgan fingerprint density at radius 3 is 2.57 bits per heavy atom. The minimum atomic E-state index is -0.197. The maximum absolute atomic E-state index is 6.40. The summed E-state index contributed by atoms with van der Waals surface area (Å²) in [5, 5.41) is 0.674. The van der Waals surface area contributed by atoms with Crippen molar-refractivity contribution in [2.24, 2.45) is 5.73 Å². The lowest BCUT2D eigenvalue weighted by molar-refractivity contribution is 0.291. The summed E-state index contributed by atoms with van der Waals surface area (Å²) >= 11 is 9.56. The molecule has 0 amide bonds. The molecule has 0 radical (unpaired) electrons. The molecule has 0 saturated carbocycles. The highest BCUT2D eigenvalue weighted by molar-refractivity contribution is 9.10. The maximum Gasteiger partial charge on any atom is 0.123 e. The third kappa shape index (κ3) is 2.70. The largest absolute Gasteiger partial charge is 0.492 e. The van der Waals surface area contributed by atoms with E-state index in [4.69, 9.17) is 22.1 Å².